The Bertz CT molecular complexity index is 1140. The van der Waals surface area contributed by atoms with E-state index in [0.717, 1.165) is 44.9 Å². The second-order valence-electron chi connectivity index (χ2n) is 13.3. The summed E-state index contributed by atoms with van der Waals surface area (Å²) in [7, 11) is 0. The molecule has 0 heterocycles. The number of hydrogen-bond donors (Lipinski definition) is 0. The first kappa shape index (κ1) is 22.9. The molecule has 4 saturated carbocycles. The summed E-state index contributed by atoms with van der Waals surface area (Å²) in [6.45, 7) is 2.01. The number of rotatable bonds is 8. The van der Waals surface area contributed by atoms with E-state index in [2.05, 4.69) is 6.07 Å². The minimum absolute atomic E-state index is 0.0161. The van der Waals surface area contributed by atoms with E-state index in [9.17, 15) is 11.0 Å². The molecule has 1 aromatic carbocycles. The summed E-state index contributed by atoms with van der Waals surface area (Å²) in [5.41, 5.74) is 1.80. The number of benzene rings is 1. The molecule has 5 aliphatic rings. The van der Waals surface area contributed by atoms with E-state index in [-0.39, 0.29) is 30.6 Å². The van der Waals surface area contributed by atoms with E-state index in [1.54, 1.807) is 0 Å². The van der Waals surface area contributed by atoms with Crippen LogP contribution >= 0.6 is 0 Å². The fourth-order valence-corrected chi connectivity index (χ4v) is 8.75. The van der Waals surface area contributed by atoms with Crippen molar-refractivity contribution in [2.75, 3.05) is 0 Å². The van der Waals surface area contributed by atoms with Crippen molar-refractivity contribution in [1.29, 1.82) is 0 Å². The molecule has 0 aromatic heterocycles. The fourth-order valence-electron chi connectivity index (χ4n) is 8.75. The Morgan fingerprint density at radius 1 is 0.947 bits per heavy atom. The minimum Gasteiger partial charge on any atom is -0.462 e. The molecule has 0 bridgehead atoms. The number of ether oxygens (including phenoxy) is 2. The molecular weight excluding hydrogens is 472 g/mol. The molecule has 0 N–H and O–H groups in total. The molecule has 0 spiro atoms. The zero-order valence-electron chi connectivity index (χ0n) is 26.3. The molecule has 0 amide bonds. The lowest BCUT2D eigenvalue weighted by Crippen LogP contribution is -2.45. The molecule has 0 unspecified atom stereocenters. The summed E-state index contributed by atoms with van der Waals surface area (Å²) in [6.07, 6.45) is 12.1. The number of carbonyl (C=O) groups excluding carboxylic acids is 2. The Morgan fingerprint density at radius 2 is 1.63 bits per heavy atom. The van der Waals surface area contributed by atoms with Gasteiger partial charge in [0, 0.05) is 21.0 Å². The fraction of sp³-hybridized carbons (Fsp3) is 0.765. The molecule has 208 valence electrons. The van der Waals surface area contributed by atoms with E-state index < -0.39 is 23.8 Å². The lowest BCUT2D eigenvalue weighted by Gasteiger charge is -2.50. The highest BCUT2D eigenvalue weighted by Crippen LogP contribution is 2.61. The van der Waals surface area contributed by atoms with Crippen LogP contribution in [0.4, 0.5) is 0 Å². The third-order valence-electron chi connectivity index (χ3n) is 11.0. The van der Waals surface area contributed by atoms with Gasteiger partial charge in [-0.3, -0.25) is 9.59 Å². The van der Waals surface area contributed by atoms with E-state index in [1.807, 2.05) is 19.1 Å². The van der Waals surface area contributed by atoms with E-state index >= 15 is 0 Å². The molecular formula is C34H48O4. The van der Waals surface area contributed by atoms with Gasteiger partial charge in [0.05, 0.1) is 1.37 Å². The second-order valence-corrected chi connectivity index (χ2v) is 13.3. The van der Waals surface area contributed by atoms with Crippen LogP contribution in [-0.4, -0.2) is 18.0 Å². The Morgan fingerprint density at radius 3 is 2.34 bits per heavy atom. The number of carbonyl (C=O) groups is 2. The van der Waals surface area contributed by atoms with E-state index in [1.165, 1.54) is 49.7 Å². The maximum atomic E-state index is 13.0. The lowest BCUT2D eigenvalue weighted by atomic mass is 9.55. The van der Waals surface area contributed by atoms with Gasteiger partial charge < -0.3 is 9.47 Å². The van der Waals surface area contributed by atoms with Crippen molar-refractivity contribution in [3.05, 3.63) is 29.3 Å². The van der Waals surface area contributed by atoms with Crippen LogP contribution in [0.1, 0.15) is 137 Å². The van der Waals surface area contributed by atoms with Crippen LogP contribution in [0.15, 0.2) is 18.2 Å². The summed E-state index contributed by atoms with van der Waals surface area (Å²) < 4.78 is 38.9. The maximum absolute atomic E-state index is 13.0. The Kier molecular flexibility index (Phi) is 6.84. The van der Waals surface area contributed by atoms with Crippen LogP contribution < -0.4 is 4.74 Å². The Hall–Kier alpha value is -1.84. The van der Waals surface area contributed by atoms with Gasteiger partial charge in [-0.1, -0.05) is 64.4 Å². The SMILES string of the molecule is [2H]C1([2H])C[C@H]2[C@@H]3CCc4cc(OC(=O)CCC5CCCC5)ccc4[C@H]3CC[C@]2(C)[C@@]1([2H])OC(=O)CCC1CCCC1. The number of hydrogen-bond acceptors (Lipinski definition) is 4. The molecule has 38 heavy (non-hydrogen) atoms. The lowest BCUT2D eigenvalue weighted by molar-refractivity contribution is -0.158. The minimum atomic E-state index is -1.89. The average Bonchev–Trinajstić information content (AvgIpc) is 3.68. The summed E-state index contributed by atoms with van der Waals surface area (Å²) in [5.74, 6) is 1.84. The molecule has 0 aliphatic heterocycles. The van der Waals surface area contributed by atoms with E-state index in [0.29, 0.717) is 36.3 Å². The summed E-state index contributed by atoms with van der Waals surface area (Å²) in [6, 6.07) is 6.09. The number of fused-ring (bicyclic) bond motifs is 5. The summed E-state index contributed by atoms with van der Waals surface area (Å²) in [4.78, 5) is 25.5. The number of aryl methyl sites for hydroxylation is 1. The quantitative estimate of drug-likeness (QED) is 0.254. The Labute approximate surface area is 233 Å². The zero-order valence-corrected chi connectivity index (χ0v) is 23.3. The molecule has 5 aliphatic carbocycles. The van der Waals surface area contributed by atoms with Crippen LogP contribution in [0.2, 0.25) is 0 Å². The predicted octanol–water partition coefficient (Wildman–Crippen LogP) is 8.30. The van der Waals surface area contributed by atoms with Crippen LogP contribution in [0.5, 0.6) is 5.75 Å². The van der Waals surface area contributed by atoms with Crippen molar-refractivity contribution < 1.29 is 23.2 Å². The molecule has 1 aromatic rings. The van der Waals surface area contributed by atoms with Crippen LogP contribution in [0.3, 0.4) is 0 Å². The highest BCUT2D eigenvalue weighted by atomic mass is 16.5. The van der Waals surface area contributed by atoms with Gasteiger partial charge in [-0.15, -0.1) is 0 Å². The van der Waals surface area contributed by atoms with E-state index in [4.69, 9.17) is 12.2 Å². The standard InChI is InChI=1S/C34H48O4/c1-34-21-20-28-27-15-13-26(37-32(35)18-10-23-6-2-3-7-23)22-25(27)12-14-29(28)30(34)16-17-31(34)38-33(36)19-11-24-8-4-5-9-24/h13,15,22-24,28-31H,2-12,14,16-21H2,1H3/t28-,29-,30+,31+,34+/m1/s1/i17D2,31D. The van der Waals surface area contributed by atoms with Gasteiger partial charge in [-0.25, -0.2) is 0 Å². The largest absolute Gasteiger partial charge is 0.462 e. The molecule has 6 rings (SSSR count). The van der Waals surface area contributed by atoms with Crippen molar-refractivity contribution in [3.8, 4) is 5.75 Å². The zero-order chi connectivity index (χ0) is 28.8. The summed E-state index contributed by atoms with van der Waals surface area (Å²) >= 11 is 0. The van der Waals surface area contributed by atoms with Gasteiger partial charge in [0.25, 0.3) is 0 Å². The van der Waals surface area contributed by atoms with Gasteiger partial charge in [0.1, 0.15) is 11.8 Å². The average molecular weight is 524 g/mol. The van der Waals surface area contributed by atoms with Gasteiger partial charge in [-0.05, 0) is 104 Å². The smallest absolute Gasteiger partial charge is 0.311 e. The molecule has 0 saturated heterocycles. The van der Waals surface area contributed by atoms with Gasteiger partial charge >= 0.3 is 11.9 Å². The van der Waals surface area contributed by atoms with Crippen molar-refractivity contribution in [3.63, 3.8) is 0 Å². The molecule has 4 fully saturated rings. The Balaban J connectivity index is 1.12. The van der Waals surface area contributed by atoms with Crippen molar-refractivity contribution in [2.24, 2.45) is 29.1 Å². The first-order valence-electron chi connectivity index (χ1n) is 17.1. The third kappa shape index (κ3) is 5.43. The summed E-state index contributed by atoms with van der Waals surface area (Å²) in [5, 5.41) is 0. The number of esters is 2. The van der Waals surface area contributed by atoms with Crippen LogP contribution in [-0.2, 0) is 20.7 Å². The second kappa shape index (κ2) is 11.3. The topological polar surface area (TPSA) is 52.6 Å². The highest BCUT2D eigenvalue weighted by Gasteiger charge is 2.56. The van der Waals surface area contributed by atoms with Crippen LogP contribution in [0.25, 0.3) is 0 Å². The maximum Gasteiger partial charge on any atom is 0.311 e. The molecule has 4 heteroatoms. The molecule has 0 radical (unpaired) electrons. The monoisotopic (exact) mass is 523 g/mol. The highest BCUT2D eigenvalue weighted by molar-refractivity contribution is 5.72. The molecule has 5 atom stereocenters. The van der Waals surface area contributed by atoms with Crippen molar-refractivity contribution in [1.82, 2.24) is 0 Å². The normalized spacial score (nSPS) is 37.4. The van der Waals surface area contributed by atoms with Crippen molar-refractivity contribution in [2.45, 2.75) is 134 Å². The predicted molar refractivity (Wildman–Crippen MR) is 149 cm³/mol. The molecule has 4 nitrogen and oxygen atoms in total. The van der Waals surface area contributed by atoms with Crippen molar-refractivity contribution >= 4 is 11.9 Å². The third-order valence-corrected chi connectivity index (χ3v) is 11.0. The van der Waals surface area contributed by atoms with Gasteiger partial charge in [0.2, 0.25) is 0 Å². The van der Waals surface area contributed by atoms with Gasteiger partial charge in [0.15, 0.2) is 0 Å². The van der Waals surface area contributed by atoms with Gasteiger partial charge in [-0.2, -0.15) is 0 Å². The first-order valence-corrected chi connectivity index (χ1v) is 15.6. The first-order chi connectivity index (χ1) is 19.6. The van der Waals surface area contributed by atoms with Crippen LogP contribution in [0, 0.1) is 29.1 Å².